The molecule has 1 aromatic heterocycles. The predicted molar refractivity (Wildman–Crippen MR) is 93.7 cm³/mol. The number of ketones is 1. The highest BCUT2D eigenvalue weighted by Gasteiger charge is 2.26. The van der Waals surface area contributed by atoms with Gasteiger partial charge in [0.05, 0.1) is 14.5 Å². The minimum Gasteiger partial charge on any atom is -0.506 e. The molecule has 0 bridgehead atoms. The third kappa shape index (κ3) is 2.87. The fourth-order valence-electron chi connectivity index (χ4n) is 2.46. The molecule has 0 saturated heterocycles. The Morgan fingerprint density at radius 3 is 2.42 bits per heavy atom. The van der Waals surface area contributed by atoms with Crippen molar-refractivity contribution in [3.63, 3.8) is 0 Å². The molecule has 0 spiro atoms. The van der Waals surface area contributed by atoms with E-state index >= 15 is 0 Å². The topological polar surface area (TPSA) is 70.7 Å². The molecule has 0 fully saturated rings. The van der Waals surface area contributed by atoms with Crippen LogP contribution in [-0.4, -0.2) is 16.0 Å². The number of phenols is 1. The number of carbonyl (C=O) groups is 1. The summed E-state index contributed by atoms with van der Waals surface area (Å²) in [5.74, 6) is -0.925. The largest absolute Gasteiger partial charge is 0.506 e. The van der Waals surface area contributed by atoms with Crippen molar-refractivity contribution in [3.05, 3.63) is 62.0 Å². The molecular weight excluding hydrogens is 447 g/mol. The SMILES string of the molecule is CC(O)c1oc2ccc(F)cc2c1C(=O)c1cc(Br)c(O)c(Br)c1. The van der Waals surface area contributed by atoms with Crippen molar-refractivity contribution in [2.45, 2.75) is 13.0 Å². The average molecular weight is 458 g/mol. The maximum absolute atomic E-state index is 13.6. The van der Waals surface area contributed by atoms with Crippen LogP contribution in [0.4, 0.5) is 4.39 Å². The number of aliphatic hydroxyl groups excluding tert-OH is 1. The van der Waals surface area contributed by atoms with Gasteiger partial charge in [0.15, 0.2) is 5.78 Å². The van der Waals surface area contributed by atoms with Crippen LogP contribution in [0, 0.1) is 5.82 Å². The summed E-state index contributed by atoms with van der Waals surface area (Å²) in [4.78, 5) is 13.0. The van der Waals surface area contributed by atoms with E-state index in [-0.39, 0.29) is 28.0 Å². The molecule has 0 aliphatic rings. The highest BCUT2D eigenvalue weighted by molar-refractivity contribution is 9.11. The lowest BCUT2D eigenvalue weighted by Gasteiger charge is -2.07. The van der Waals surface area contributed by atoms with Crippen molar-refractivity contribution < 1.29 is 23.8 Å². The van der Waals surface area contributed by atoms with E-state index in [9.17, 15) is 19.4 Å². The van der Waals surface area contributed by atoms with Crippen molar-refractivity contribution >= 4 is 48.6 Å². The minimum atomic E-state index is -1.04. The van der Waals surface area contributed by atoms with Crippen molar-refractivity contribution in [2.75, 3.05) is 0 Å². The molecule has 24 heavy (non-hydrogen) atoms. The highest BCUT2D eigenvalue weighted by Crippen LogP contribution is 2.37. The number of aromatic hydroxyl groups is 1. The number of hydrogen-bond donors (Lipinski definition) is 2. The van der Waals surface area contributed by atoms with Gasteiger partial charge in [-0.3, -0.25) is 4.79 Å². The van der Waals surface area contributed by atoms with Gasteiger partial charge in [-0.05, 0) is 69.1 Å². The van der Waals surface area contributed by atoms with Crippen LogP contribution in [0.1, 0.15) is 34.7 Å². The van der Waals surface area contributed by atoms with Gasteiger partial charge in [0.2, 0.25) is 0 Å². The molecular formula is C17H11Br2FO4. The van der Waals surface area contributed by atoms with E-state index in [1.807, 2.05) is 0 Å². The van der Waals surface area contributed by atoms with Gasteiger partial charge in [-0.1, -0.05) is 0 Å². The number of aliphatic hydroxyl groups is 1. The number of rotatable bonds is 3. The third-order valence-corrected chi connectivity index (χ3v) is 4.77. The molecule has 0 amide bonds. The number of carbonyl (C=O) groups excluding carboxylic acids is 1. The average Bonchev–Trinajstić information content (AvgIpc) is 2.90. The fourth-order valence-corrected chi connectivity index (χ4v) is 3.64. The summed E-state index contributed by atoms with van der Waals surface area (Å²) in [5, 5.41) is 20.0. The predicted octanol–water partition coefficient (Wildman–Crippen LogP) is 5.09. The van der Waals surface area contributed by atoms with Crippen molar-refractivity contribution in [1.29, 1.82) is 0 Å². The first-order chi connectivity index (χ1) is 11.3. The molecule has 124 valence electrons. The first-order valence-electron chi connectivity index (χ1n) is 6.92. The summed E-state index contributed by atoms with van der Waals surface area (Å²) in [6.45, 7) is 1.47. The van der Waals surface area contributed by atoms with Crippen LogP contribution in [0.2, 0.25) is 0 Å². The fraction of sp³-hybridized carbons (Fsp3) is 0.118. The van der Waals surface area contributed by atoms with E-state index in [1.54, 1.807) is 0 Å². The second-order valence-electron chi connectivity index (χ2n) is 5.28. The number of fused-ring (bicyclic) bond motifs is 1. The Morgan fingerprint density at radius 2 is 1.83 bits per heavy atom. The molecule has 0 saturated carbocycles. The summed E-state index contributed by atoms with van der Waals surface area (Å²) >= 11 is 6.34. The molecule has 1 atom stereocenters. The van der Waals surface area contributed by atoms with Crippen LogP contribution in [0.25, 0.3) is 11.0 Å². The lowest BCUT2D eigenvalue weighted by molar-refractivity contribution is 0.102. The molecule has 4 nitrogen and oxygen atoms in total. The Morgan fingerprint density at radius 1 is 1.21 bits per heavy atom. The maximum Gasteiger partial charge on any atom is 0.197 e. The first kappa shape index (κ1) is 17.1. The molecule has 2 aromatic carbocycles. The number of furan rings is 1. The number of benzene rings is 2. The summed E-state index contributed by atoms with van der Waals surface area (Å²) < 4.78 is 19.8. The van der Waals surface area contributed by atoms with E-state index < -0.39 is 17.7 Å². The Kier molecular flexibility index (Phi) is 4.50. The molecule has 7 heteroatoms. The van der Waals surface area contributed by atoms with Crippen LogP contribution >= 0.6 is 31.9 Å². The van der Waals surface area contributed by atoms with Gasteiger partial charge in [0, 0.05) is 10.9 Å². The van der Waals surface area contributed by atoms with Gasteiger partial charge in [0.25, 0.3) is 0 Å². The van der Waals surface area contributed by atoms with Crippen molar-refractivity contribution in [3.8, 4) is 5.75 Å². The number of halogens is 3. The number of hydrogen-bond acceptors (Lipinski definition) is 4. The van der Waals surface area contributed by atoms with Gasteiger partial charge < -0.3 is 14.6 Å². The van der Waals surface area contributed by atoms with E-state index in [0.717, 1.165) is 0 Å². The van der Waals surface area contributed by atoms with Gasteiger partial charge in [-0.2, -0.15) is 0 Å². The van der Waals surface area contributed by atoms with Gasteiger partial charge in [0.1, 0.15) is 29.0 Å². The molecule has 0 aliphatic carbocycles. The standard InChI is InChI=1S/C17H11Br2FO4/c1-7(21)17-14(10-6-9(20)2-3-13(10)24-17)15(22)8-4-11(18)16(23)12(19)5-8/h2-7,21,23H,1H3. The Hall–Kier alpha value is -1.70. The van der Waals surface area contributed by atoms with Crippen LogP contribution in [-0.2, 0) is 0 Å². The highest BCUT2D eigenvalue weighted by atomic mass is 79.9. The van der Waals surface area contributed by atoms with Crippen LogP contribution in [0.3, 0.4) is 0 Å². The zero-order valence-corrected chi connectivity index (χ0v) is 15.5. The summed E-state index contributed by atoms with van der Waals surface area (Å²) in [6.07, 6.45) is -1.04. The molecule has 3 rings (SSSR count). The van der Waals surface area contributed by atoms with Gasteiger partial charge in [-0.15, -0.1) is 0 Å². The second-order valence-corrected chi connectivity index (χ2v) is 6.98. The maximum atomic E-state index is 13.6. The van der Waals surface area contributed by atoms with Crippen LogP contribution < -0.4 is 0 Å². The molecule has 0 radical (unpaired) electrons. The smallest absolute Gasteiger partial charge is 0.197 e. The quantitative estimate of drug-likeness (QED) is 0.537. The molecule has 1 heterocycles. The van der Waals surface area contributed by atoms with Gasteiger partial charge >= 0.3 is 0 Å². The van der Waals surface area contributed by atoms with E-state index in [2.05, 4.69) is 31.9 Å². The monoisotopic (exact) mass is 456 g/mol. The molecule has 2 N–H and O–H groups in total. The lowest BCUT2D eigenvalue weighted by Crippen LogP contribution is -2.06. The Labute approximate surface area is 153 Å². The van der Waals surface area contributed by atoms with E-state index in [1.165, 1.54) is 37.3 Å². The zero-order valence-electron chi connectivity index (χ0n) is 12.3. The molecule has 3 aromatic rings. The Bertz CT molecular complexity index is 940. The summed E-state index contributed by atoms with van der Waals surface area (Å²) in [5.41, 5.74) is 0.664. The Balaban J connectivity index is 2.26. The third-order valence-electron chi connectivity index (χ3n) is 3.56. The summed E-state index contributed by atoms with van der Waals surface area (Å²) in [6, 6.07) is 6.73. The van der Waals surface area contributed by atoms with E-state index in [4.69, 9.17) is 4.42 Å². The normalized spacial score (nSPS) is 12.5. The molecule has 0 aliphatic heterocycles. The van der Waals surface area contributed by atoms with Crippen LogP contribution in [0.15, 0.2) is 43.7 Å². The molecule has 1 unspecified atom stereocenters. The van der Waals surface area contributed by atoms with Crippen LogP contribution in [0.5, 0.6) is 5.75 Å². The second kappa shape index (κ2) is 6.31. The minimum absolute atomic E-state index is 0.0367. The van der Waals surface area contributed by atoms with E-state index in [0.29, 0.717) is 14.5 Å². The van der Waals surface area contributed by atoms with Gasteiger partial charge in [-0.25, -0.2) is 4.39 Å². The number of phenolic OH excluding ortho intramolecular Hbond substituents is 1. The van der Waals surface area contributed by atoms with Crippen molar-refractivity contribution in [1.82, 2.24) is 0 Å². The van der Waals surface area contributed by atoms with Crippen molar-refractivity contribution in [2.24, 2.45) is 0 Å². The zero-order chi connectivity index (χ0) is 17.6. The summed E-state index contributed by atoms with van der Waals surface area (Å²) in [7, 11) is 0. The lowest BCUT2D eigenvalue weighted by atomic mass is 9.98. The first-order valence-corrected chi connectivity index (χ1v) is 8.51.